The summed E-state index contributed by atoms with van der Waals surface area (Å²) in [4.78, 5) is 29.3. The molecule has 1 fully saturated rings. The molecule has 1 saturated heterocycles. The van der Waals surface area contributed by atoms with E-state index >= 15 is 0 Å². The maximum absolute atomic E-state index is 12.8. The fourth-order valence-corrected chi connectivity index (χ4v) is 3.47. The summed E-state index contributed by atoms with van der Waals surface area (Å²) < 4.78 is 2.15. The molecule has 1 aliphatic rings. The Balaban J connectivity index is 1.55. The van der Waals surface area contributed by atoms with E-state index in [0.717, 1.165) is 24.3 Å². The topological polar surface area (TPSA) is 70.1 Å². The number of H-pyrrole nitrogens is 1. The van der Waals surface area contributed by atoms with Crippen LogP contribution in [0.1, 0.15) is 23.3 Å². The lowest BCUT2D eigenvalue weighted by Gasteiger charge is -2.16. The quantitative estimate of drug-likeness (QED) is 0.676. The molecule has 7 heteroatoms. The van der Waals surface area contributed by atoms with Gasteiger partial charge in [0.2, 0.25) is 5.91 Å². The van der Waals surface area contributed by atoms with E-state index in [2.05, 4.69) is 10.3 Å². The number of aromatic amines is 1. The summed E-state index contributed by atoms with van der Waals surface area (Å²) in [6, 6.07) is 16.8. The first-order valence-corrected chi connectivity index (χ1v) is 9.12. The highest BCUT2D eigenvalue weighted by Gasteiger charge is 2.21. The van der Waals surface area contributed by atoms with Crippen LogP contribution in [0, 0.1) is 4.77 Å². The van der Waals surface area contributed by atoms with Gasteiger partial charge in [-0.15, -0.1) is 0 Å². The molecular weight excluding hydrogens is 360 g/mol. The van der Waals surface area contributed by atoms with Gasteiger partial charge in [0.1, 0.15) is 5.69 Å². The molecule has 136 valence electrons. The summed E-state index contributed by atoms with van der Waals surface area (Å²) in [5.41, 5.74) is 2.74. The number of carbonyl (C=O) groups excluding carboxylic acids is 2. The van der Waals surface area contributed by atoms with E-state index in [1.807, 2.05) is 42.5 Å². The summed E-state index contributed by atoms with van der Waals surface area (Å²) >= 11 is 5.32. The largest absolute Gasteiger partial charge is 0.336 e. The van der Waals surface area contributed by atoms with Gasteiger partial charge in [-0.1, -0.05) is 18.2 Å². The number of imidazole rings is 1. The van der Waals surface area contributed by atoms with E-state index in [1.165, 1.54) is 0 Å². The minimum atomic E-state index is -0.267. The zero-order chi connectivity index (χ0) is 18.8. The molecule has 1 aromatic heterocycles. The molecule has 2 N–H and O–H groups in total. The predicted molar refractivity (Wildman–Crippen MR) is 107 cm³/mol. The Morgan fingerprint density at radius 1 is 1.04 bits per heavy atom. The number of benzene rings is 2. The average Bonchev–Trinajstić information content (AvgIpc) is 3.29. The summed E-state index contributed by atoms with van der Waals surface area (Å²) in [7, 11) is 0. The lowest BCUT2D eigenvalue weighted by Crippen LogP contribution is -2.23. The molecule has 2 aromatic carbocycles. The maximum atomic E-state index is 12.8. The number of anilines is 2. The van der Waals surface area contributed by atoms with E-state index in [-0.39, 0.29) is 11.8 Å². The lowest BCUT2D eigenvalue weighted by molar-refractivity contribution is -0.117. The van der Waals surface area contributed by atoms with Gasteiger partial charge in [0.15, 0.2) is 4.77 Å². The Morgan fingerprint density at radius 2 is 1.78 bits per heavy atom. The van der Waals surface area contributed by atoms with Crippen LogP contribution in [0.25, 0.3) is 5.69 Å². The van der Waals surface area contributed by atoms with Crippen LogP contribution in [0.4, 0.5) is 11.4 Å². The molecule has 27 heavy (non-hydrogen) atoms. The van der Waals surface area contributed by atoms with Gasteiger partial charge >= 0.3 is 0 Å². The average molecular weight is 378 g/mol. The third kappa shape index (κ3) is 3.41. The van der Waals surface area contributed by atoms with E-state index in [9.17, 15) is 9.59 Å². The van der Waals surface area contributed by atoms with E-state index in [0.29, 0.717) is 22.6 Å². The third-order valence-corrected chi connectivity index (χ3v) is 4.83. The van der Waals surface area contributed by atoms with Crippen LogP contribution in [0.15, 0.2) is 60.8 Å². The molecule has 0 saturated carbocycles. The van der Waals surface area contributed by atoms with Crippen LogP contribution in [0.5, 0.6) is 0 Å². The van der Waals surface area contributed by atoms with Crippen LogP contribution in [0.3, 0.4) is 0 Å². The Labute approximate surface area is 161 Å². The van der Waals surface area contributed by atoms with Gasteiger partial charge in [0, 0.05) is 36.2 Å². The molecule has 3 aromatic rings. The molecule has 0 radical (unpaired) electrons. The molecule has 0 spiro atoms. The molecule has 6 nitrogen and oxygen atoms in total. The van der Waals surface area contributed by atoms with Crippen LogP contribution in [-0.2, 0) is 4.79 Å². The zero-order valence-electron chi connectivity index (χ0n) is 14.5. The van der Waals surface area contributed by atoms with Crippen LogP contribution in [0.2, 0.25) is 0 Å². The molecule has 0 atom stereocenters. The molecule has 0 aliphatic carbocycles. The van der Waals surface area contributed by atoms with Crippen molar-refractivity contribution in [2.24, 2.45) is 0 Å². The number of para-hydroxylation sites is 1. The Kier molecular flexibility index (Phi) is 4.60. The summed E-state index contributed by atoms with van der Waals surface area (Å²) in [5, 5.41) is 2.88. The first-order valence-electron chi connectivity index (χ1n) is 8.71. The Morgan fingerprint density at radius 3 is 2.44 bits per heavy atom. The second-order valence-corrected chi connectivity index (χ2v) is 6.69. The van der Waals surface area contributed by atoms with Crippen LogP contribution < -0.4 is 10.2 Å². The summed E-state index contributed by atoms with van der Waals surface area (Å²) in [6.07, 6.45) is 3.07. The number of amides is 2. The number of rotatable bonds is 4. The lowest BCUT2D eigenvalue weighted by atomic mass is 10.2. The highest BCUT2D eigenvalue weighted by Crippen LogP contribution is 2.23. The normalized spacial score (nSPS) is 13.8. The van der Waals surface area contributed by atoms with Gasteiger partial charge in [0.05, 0.1) is 0 Å². The molecule has 4 rings (SSSR count). The van der Waals surface area contributed by atoms with Crippen molar-refractivity contribution >= 4 is 35.4 Å². The van der Waals surface area contributed by atoms with Crippen molar-refractivity contribution in [1.29, 1.82) is 0 Å². The first-order chi connectivity index (χ1) is 13.1. The number of nitrogens with zero attached hydrogens (tertiary/aromatic N) is 2. The smallest absolute Gasteiger partial charge is 0.274 e. The zero-order valence-corrected chi connectivity index (χ0v) is 15.3. The maximum Gasteiger partial charge on any atom is 0.274 e. The van der Waals surface area contributed by atoms with E-state index in [1.54, 1.807) is 27.8 Å². The highest BCUT2D eigenvalue weighted by molar-refractivity contribution is 7.71. The van der Waals surface area contributed by atoms with Crippen molar-refractivity contribution in [3.8, 4) is 5.69 Å². The van der Waals surface area contributed by atoms with E-state index in [4.69, 9.17) is 12.2 Å². The van der Waals surface area contributed by atoms with Crippen molar-refractivity contribution < 1.29 is 9.59 Å². The molecule has 1 aliphatic heterocycles. The Bertz CT molecular complexity index is 1040. The van der Waals surface area contributed by atoms with Gasteiger partial charge in [0.25, 0.3) is 5.91 Å². The SMILES string of the molecule is O=C(Nc1ccc(N2CCCC2=O)cc1)c1c[nH]c(=S)n1-c1ccccc1. The van der Waals surface area contributed by atoms with Gasteiger partial charge in [-0.3, -0.25) is 14.2 Å². The fourth-order valence-electron chi connectivity index (χ4n) is 3.21. The monoisotopic (exact) mass is 378 g/mol. The minimum Gasteiger partial charge on any atom is -0.336 e. The fraction of sp³-hybridized carbons (Fsp3) is 0.150. The van der Waals surface area contributed by atoms with Crippen molar-refractivity contribution in [2.75, 3.05) is 16.8 Å². The Hall–Kier alpha value is -3.19. The first kappa shape index (κ1) is 17.2. The number of hydrogen-bond acceptors (Lipinski definition) is 3. The number of hydrogen-bond donors (Lipinski definition) is 2. The molecule has 0 unspecified atom stereocenters. The third-order valence-electron chi connectivity index (χ3n) is 4.53. The number of nitrogens with one attached hydrogen (secondary N) is 2. The van der Waals surface area contributed by atoms with Crippen molar-refractivity contribution in [3.63, 3.8) is 0 Å². The van der Waals surface area contributed by atoms with Crippen molar-refractivity contribution in [2.45, 2.75) is 12.8 Å². The van der Waals surface area contributed by atoms with Gasteiger partial charge < -0.3 is 15.2 Å². The standard InChI is InChI=1S/C20H18N4O2S/c25-18-7-4-12-23(18)15-10-8-14(9-11-15)22-19(26)17-13-21-20(27)24(17)16-5-2-1-3-6-16/h1-3,5-6,8-11,13H,4,7,12H2,(H,21,27)(H,22,26). The minimum absolute atomic E-state index is 0.140. The molecule has 2 heterocycles. The van der Waals surface area contributed by atoms with Crippen LogP contribution >= 0.6 is 12.2 Å². The van der Waals surface area contributed by atoms with Gasteiger partial charge in [-0.2, -0.15) is 0 Å². The van der Waals surface area contributed by atoms with E-state index < -0.39 is 0 Å². The second-order valence-electron chi connectivity index (χ2n) is 6.30. The summed E-state index contributed by atoms with van der Waals surface area (Å²) in [6.45, 7) is 0.743. The van der Waals surface area contributed by atoms with Crippen molar-refractivity contribution in [1.82, 2.24) is 9.55 Å². The summed E-state index contributed by atoms with van der Waals surface area (Å²) in [5.74, 6) is -0.128. The predicted octanol–water partition coefficient (Wildman–Crippen LogP) is 3.91. The van der Waals surface area contributed by atoms with Gasteiger partial charge in [-0.25, -0.2) is 0 Å². The van der Waals surface area contributed by atoms with Gasteiger partial charge in [-0.05, 0) is 55.0 Å². The number of carbonyl (C=O) groups is 2. The highest BCUT2D eigenvalue weighted by atomic mass is 32.1. The van der Waals surface area contributed by atoms with Crippen LogP contribution in [-0.4, -0.2) is 27.9 Å². The number of aromatic nitrogens is 2. The molecule has 2 amide bonds. The van der Waals surface area contributed by atoms with Crippen molar-refractivity contribution in [3.05, 3.63) is 71.3 Å². The molecule has 0 bridgehead atoms. The second kappa shape index (κ2) is 7.20. The molecular formula is C20H18N4O2S.